The molecular weight excluding hydrogens is 494 g/mol. The topological polar surface area (TPSA) is 54.9 Å². The summed E-state index contributed by atoms with van der Waals surface area (Å²) in [7, 11) is 1.67. The summed E-state index contributed by atoms with van der Waals surface area (Å²) < 4.78 is 12.2. The third kappa shape index (κ3) is 6.07. The van der Waals surface area contributed by atoms with Crippen molar-refractivity contribution in [1.82, 2.24) is 9.88 Å². The number of carbonyl (C=O) groups is 1. The van der Waals surface area contributed by atoms with E-state index in [4.69, 9.17) is 14.5 Å². The first-order valence-electron chi connectivity index (χ1n) is 13.3. The summed E-state index contributed by atoms with van der Waals surface area (Å²) >= 11 is 1.57. The minimum Gasteiger partial charge on any atom is -0.494 e. The number of aryl methyl sites for hydroxylation is 1. The molecule has 0 radical (unpaired) electrons. The van der Waals surface area contributed by atoms with Crippen molar-refractivity contribution >= 4 is 32.6 Å². The van der Waals surface area contributed by atoms with Gasteiger partial charge in [-0.2, -0.15) is 0 Å². The largest absolute Gasteiger partial charge is 0.494 e. The first kappa shape index (κ1) is 26.4. The Morgan fingerprint density at radius 3 is 2.32 bits per heavy atom. The van der Waals surface area contributed by atoms with E-state index in [1.807, 2.05) is 47.4 Å². The van der Waals surface area contributed by atoms with Gasteiger partial charge >= 0.3 is 0 Å². The fourth-order valence-corrected chi connectivity index (χ4v) is 6.16. The third-order valence-electron chi connectivity index (χ3n) is 7.19. The fourth-order valence-electron chi connectivity index (χ4n) is 5.07. The van der Waals surface area contributed by atoms with Crippen LogP contribution in [0.5, 0.6) is 5.75 Å². The Balaban J connectivity index is 1.45. The molecule has 0 spiro atoms. The second-order valence-corrected chi connectivity index (χ2v) is 10.7. The van der Waals surface area contributed by atoms with E-state index in [1.54, 1.807) is 18.4 Å². The molecule has 0 N–H and O–H groups in total. The van der Waals surface area contributed by atoms with Gasteiger partial charge in [-0.05, 0) is 36.1 Å². The van der Waals surface area contributed by atoms with Gasteiger partial charge in [0.05, 0.1) is 25.0 Å². The summed E-state index contributed by atoms with van der Waals surface area (Å²) in [6.45, 7) is 7.06. The minimum absolute atomic E-state index is 0.0303. The number of carbonyl (C=O) groups excluding carboxylic acids is 1. The van der Waals surface area contributed by atoms with E-state index in [1.165, 1.54) is 0 Å². The molecule has 1 aliphatic rings. The lowest BCUT2D eigenvalue weighted by molar-refractivity contribution is -0.118. The highest BCUT2D eigenvalue weighted by Gasteiger charge is 2.26. The Kier molecular flexibility index (Phi) is 8.68. The van der Waals surface area contributed by atoms with Gasteiger partial charge in [-0.15, -0.1) is 0 Å². The van der Waals surface area contributed by atoms with Crippen LogP contribution in [0.1, 0.15) is 35.4 Å². The predicted molar refractivity (Wildman–Crippen MR) is 154 cm³/mol. The van der Waals surface area contributed by atoms with Crippen LogP contribution in [-0.2, 0) is 9.53 Å². The minimum atomic E-state index is -0.0303. The van der Waals surface area contributed by atoms with Crippen molar-refractivity contribution in [2.24, 2.45) is 0 Å². The van der Waals surface area contributed by atoms with Crippen molar-refractivity contribution in [1.29, 1.82) is 0 Å². The van der Waals surface area contributed by atoms with Crippen LogP contribution in [0.25, 0.3) is 10.2 Å². The third-order valence-corrected chi connectivity index (χ3v) is 8.40. The van der Waals surface area contributed by atoms with Crippen LogP contribution in [0.2, 0.25) is 0 Å². The maximum absolute atomic E-state index is 14.1. The smallest absolute Gasteiger partial charge is 0.229 e. The van der Waals surface area contributed by atoms with Gasteiger partial charge in [-0.25, -0.2) is 4.98 Å². The molecule has 198 valence electrons. The van der Waals surface area contributed by atoms with Gasteiger partial charge < -0.3 is 9.47 Å². The molecule has 1 amide bonds. The van der Waals surface area contributed by atoms with Crippen LogP contribution in [0.15, 0.2) is 72.8 Å². The Morgan fingerprint density at radius 1 is 1.03 bits per heavy atom. The van der Waals surface area contributed by atoms with Crippen molar-refractivity contribution in [2.75, 3.05) is 51.4 Å². The van der Waals surface area contributed by atoms with Crippen LogP contribution in [0.4, 0.5) is 5.13 Å². The predicted octanol–water partition coefficient (Wildman–Crippen LogP) is 5.89. The number of hydrogen-bond acceptors (Lipinski definition) is 6. The van der Waals surface area contributed by atoms with E-state index in [2.05, 4.69) is 42.2 Å². The van der Waals surface area contributed by atoms with Gasteiger partial charge in [-0.3, -0.25) is 14.6 Å². The second-order valence-electron chi connectivity index (χ2n) is 9.69. The van der Waals surface area contributed by atoms with Crippen LogP contribution in [-0.4, -0.2) is 62.3 Å². The van der Waals surface area contributed by atoms with Crippen LogP contribution in [0, 0.1) is 6.92 Å². The molecule has 7 heteroatoms. The van der Waals surface area contributed by atoms with Gasteiger partial charge in [0.15, 0.2) is 5.13 Å². The lowest BCUT2D eigenvalue weighted by atomic mass is 9.88. The quantitative estimate of drug-likeness (QED) is 0.256. The number of methoxy groups -OCH3 is 1. The van der Waals surface area contributed by atoms with Gasteiger partial charge in [0.2, 0.25) is 5.91 Å². The summed E-state index contributed by atoms with van der Waals surface area (Å²) in [5.74, 6) is 0.790. The van der Waals surface area contributed by atoms with Gasteiger partial charge in [-0.1, -0.05) is 78.1 Å². The van der Waals surface area contributed by atoms with E-state index < -0.39 is 0 Å². The lowest BCUT2D eigenvalue weighted by Crippen LogP contribution is -2.39. The number of rotatable bonds is 10. The first-order valence-corrected chi connectivity index (χ1v) is 14.1. The van der Waals surface area contributed by atoms with Crippen molar-refractivity contribution in [2.45, 2.75) is 25.7 Å². The zero-order valence-electron chi connectivity index (χ0n) is 22.1. The van der Waals surface area contributed by atoms with Crippen molar-refractivity contribution in [3.05, 3.63) is 89.5 Å². The molecule has 0 aliphatic carbocycles. The maximum atomic E-state index is 14.1. The molecule has 4 aromatic rings. The average Bonchev–Trinajstić information content (AvgIpc) is 3.42. The molecule has 2 heterocycles. The van der Waals surface area contributed by atoms with E-state index in [9.17, 15) is 4.79 Å². The highest BCUT2D eigenvalue weighted by Crippen LogP contribution is 2.37. The molecule has 1 aromatic heterocycles. The van der Waals surface area contributed by atoms with Gasteiger partial charge in [0.1, 0.15) is 11.3 Å². The first-order chi connectivity index (χ1) is 18.6. The Hall–Kier alpha value is -3.26. The van der Waals surface area contributed by atoms with Crippen molar-refractivity contribution < 1.29 is 14.3 Å². The average molecular weight is 530 g/mol. The van der Waals surface area contributed by atoms with E-state index in [-0.39, 0.29) is 11.8 Å². The number of ether oxygens (including phenoxy) is 2. The number of hydrogen-bond donors (Lipinski definition) is 0. The number of amides is 1. The van der Waals surface area contributed by atoms with E-state index in [0.717, 1.165) is 77.1 Å². The zero-order valence-corrected chi connectivity index (χ0v) is 23.0. The number of morpholine rings is 1. The number of thiazole rings is 1. The molecule has 0 bridgehead atoms. The lowest BCUT2D eigenvalue weighted by Gasteiger charge is -2.28. The Bertz CT molecular complexity index is 1300. The van der Waals surface area contributed by atoms with E-state index in [0.29, 0.717) is 13.0 Å². The number of nitrogens with zero attached hydrogens (tertiary/aromatic N) is 3. The normalized spacial score (nSPS) is 14.2. The molecule has 0 atom stereocenters. The maximum Gasteiger partial charge on any atom is 0.229 e. The molecule has 0 unspecified atom stereocenters. The molecule has 38 heavy (non-hydrogen) atoms. The van der Waals surface area contributed by atoms with Gasteiger partial charge in [0.25, 0.3) is 0 Å². The second kappa shape index (κ2) is 12.5. The zero-order chi connectivity index (χ0) is 26.3. The molecular formula is C31H35N3O3S. The highest BCUT2D eigenvalue weighted by molar-refractivity contribution is 7.22. The molecule has 0 saturated carbocycles. The van der Waals surface area contributed by atoms with Crippen LogP contribution >= 0.6 is 11.3 Å². The Labute approximate surface area is 228 Å². The van der Waals surface area contributed by atoms with Gasteiger partial charge in [0, 0.05) is 38.5 Å². The van der Waals surface area contributed by atoms with E-state index >= 15 is 0 Å². The van der Waals surface area contributed by atoms with Crippen LogP contribution in [0.3, 0.4) is 0 Å². The summed E-state index contributed by atoms with van der Waals surface area (Å²) in [6, 6.07) is 24.6. The van der Waals surface area contributed by atoms with Crippen molar-refractivity contribution in [3.63, 3.8) is 0 Å². The number of aromatic nitrogens is 1. The monoisotopic (exact) mass is 529 g/mol. The molecule has 6 nitrogen and oxygen atoms in total. The SMILES string of the molecule is COc1ccc(C)c2sc(N(CCCN3CCOCC3)C(=O)CC(c3ccccc3)c3ccccc3)nc12. The fraction of sp³-hybridized carbons (Fsp3) is 0.355. The summed E-state index contributed by atoms with van der Waals surface area (Å²) in [5, 5.41) is 0.736. The molecule has 1 aliphatic heterocycles. The Morgan fingerprint density at radius 2 is 1.68 bits per heavy atom. The summed E-state index contributed by atoms with van der Waals surface area (Å²) in [5.41, 5.74) is 4.24. The summed E-state index contributed by atoms with van der Waals surface area (Å²) in [4.78, 5) is 23.4. The van der Waals surface area contributed by atoms with Crippen LogP contribution < -0.4 is 9.64 Å². The highest BCUT2D eigenvalue weighted by atomic mass is 32.1. The number of anilines is 1. The molecule has 5 rings (SSSR count). The number of fused-ring (bicyclic) bond motifs is 1. The standard InChI is InChI=1S/C31H35N3O3S/c1-23-14-15-27(36-2)29-30(23)38-31(32-29)34(17-9-16-33-18-20-37-21-19-33)28(35)22-26(24-10-5-3-6-11-24)25-12-7-4-8-13-25/h3-8,10-15,26H,9,16-22H2,1-2H3. The van der Waals surface area contributed by atoms with Crippen molar-refractivity contribution in [3.8, 4) is 5.75 Å². The molecule has 3 aromatic carbocycles. The molecule has 1 saturated heterocycles. The summed E-state index contributed by atoms with van der Waals surface area (Å²) in [6.07, 6.45) is 1.25. The molecule has 1 fully saturated rings. The number of benzene rings is 3.